The lowest BCUT2D eigenvalue weighted by atomic mass is 15.8. The molecule has 0 saturated heterocycles. The van der Waals surface area contributed by atoms with E-state index >= 15 is 0 Å². The third kappa shape index (κ3) is 4.51. The number of rotatable bonds is 0. The Balaban J connectivity index is 4.75. The summed E-state index contributed by atoms with van der Waals surface area (Å²) in [5, 5.41) is 0. The first-order valence-electron chi connectivity index (χ1n) is 0.865. The highest BCUT2D eigenvalue weighted by molar-refractivity contribution is 8.47. The maximum absolute atomic E-state index is 9.53. The summed E-state index contributed by atoms with van der Waals surface area (Å²) in [5.74, 6) is 0. The van der Waals surface area contributed by atoms with E-state index in [9.17, 15) is 4.21 Å². The average Bonchev–Trinajstić information content (AvgIpc) is 1.35. The minimum atomic E-state index is -3.68. The Bertz CT molecular complexity index is 147. The molecule has 0 rings (SSSR count). The van der Waals surface area contributed by atoms with Crippen molar-refractivity contribution >= 4 is 29.1 Å². The van der Waals surface area contributed by atoms with Crippen LogP contribution in [0.15, 0.2) is 0 Å². The Hall–Kier alpha value is 0.510. The van der Waals surface area contributed by atoms with E-state index in [1.165, 1.54) is 0 Å². The lowest BCUT2D eigenvalue weighted by Gasteiger charge is -1.75. The Morgan fingerprint density at radius 3 is 1.83 bits per heavy atom. The van der Waals surface area contributed by atoms with Gasteiger partial charge in [-0.25, -0.2) is 0 Å². The second-order valence-corrected chi connectivity index (χ2v) is 4.48. The monoisotopic (exact) mass is 146 g/mol. The molecule has 2 N–H and O–H groups in total. The molecule has 0 aliphatic rings. The van der Waals surface area contributed by atoms with E-state index in [1.807, 2.05) is 0 Å². The van der Waals surface area contributed by atoms with Crippen LogP contribution in [-0.2, 0) is 29.1 Å². The third-order valence-electron chi connectivity index (χ3n) is 0.0886. The SMILES string of the molecule is O=S(O)(O)=S=S. The van der Waals surface area contributed by atoms with Gasteiger partial charge in [0.1, 0.15) is 0 Å². The molecule has 6 heteroatoms. The fraction of sp³-hybridized carbons (Fsp3) is 0. The Labute approximate surface area is 42.9 Å². The molecule has 0 aliphatic carbocycles. The standard InChI is InChI=1S/H2O3S3/c1-6(2,3)5-4/h(H2,1,2,3). The van der Waals surface area contributed by atoms with Gasteiger partial charge < -0.3 is 0 Å². The molecule has 0 bridgehead atoms. The molecule has 0 unspecified atom stereocenters. The quantitative estimate of drug-likeness (QED) is 0.491. The predicted octanol–water partition coefficient (Wildman–Crippen LogP) is -0.324. The highest BCUT2D eigenvalue weighted by Crippen LogP contribution is 1.65. The molecular weight excluding hydrogens is 144 g/mol. The van der Waals surface area contributed by atoms with Gasteiger partial charge in [0.25, 0.3) is 9.05 Å². The zero-order valence-electron chi connectivity index (χ0n) is 2.53. The fourth-order valence-electron chi connectivity index (χ4n) is 0. The molecular formula is H2O3S3. The van der Waals surface area contributed by atoms with Gasteiger partial charge in [0, 0.05) is 20.1 Å². The van der Waals surface area contributed by atoms with Gasteiger partial charge in [-0.3, -0.25) is 9.11 Å². The van der Waals surface area contributed by atoms with E-state index < -0.39 is 9.05 Å². The first-order valence-corrected chi connectivity index (χ1v) is 4.60. The molecule has 0 atom stereocenters. The minimum absolute atomic E-state index is 0.104. The molecule has 0 aromatic carbocycles. The summed E-state index contributed by atoms with van der Waals surface area (Å²) in [6, 6.07) is 0. The van der Waals surface area contributed by atoms with Crippen LogP contribution in [0, 0.1) is 0 Å². The van der Waals surface area contributed by atoms with Crippen molar-refractivity contribution in [2.24, 2.45) is 0 Å². The maximum Gasteiger partial charge on any atom is 0.264 e. The summed E-state index contributed by atoms with van der Waals surface area (Å²) in [5.41, 5.74) is 0. The molecule has 0 aromatic rings. The van der Waals surface area contributed by atoms with E-state index in [1.54, 1.807) is 0 Å². The molecule has 0 fully saturated rings. The van der Waals surface area contributed by atoms with Gasteiger partial charge in [0.05, 0.1) is 0 Å². The van der Waals surface area contributed by atoms with Crippen molar-refractivity contribution in [3.05, 3.63) is 0 Å². The summed E-state index contributed by atoms with van der Waals surface area (Å²) in [4.78, 5) is 0. The maximum atomic E-state index is 9.53. The largest absolute Gasteiger partial charge is 0.285 e. The van der Waals surface area contributed by atoms with Crippen molar-refractivity contribution < 1.29 is 13.3 Å². The second kappa shape index (κ2) is 1.99. The molecule has 0 radical (unpaired) electrons. The van der Waals surface area contributed by atoms with E-state index in [0.29, 0.717) is 0 Å². The Morgan fingerprint density at radius 1 is 1.67 bits per heavy atom. The van der Waals surface area contributed by atoms with Crippen molar-refractivity contribution in [2.45, 2.75) is 0 Å². The lowest BCUT2D eigenvalue weighted by molar-refractivity contribution is 0.450. The smallest absolute Gasteiger partial charge is 0.264 e. The molecule has 0 spiro atoms. The van der Waals surface area contributed by atoms with E-state index in [0.717, 1.165) is 0 Å². The summed E-state index contributed by atoms with van der Waals surface area (Å²) in [7, 11) is -3.58. The number of hydrogen-bond acceptors (Lipinski definition) is 2. The minimum Gasteiger partial charge on any atom is -0.285 e. The predicted molar refractivity (Wildman–Crippen MR) is 28.1 cm³/mol. The van der Waals surface area contributed by atoms with E-state index in [4.69, 9.17) is 9.11 Å². The van der Waals surface area contributed by atoms with E-state index in [-0.39, 0.29) is 8.88 Å². The van der Waals surface area contributed by atoms with Crippen LogP contribution in [0.3, 0.4) is 0 Å². The molecule has 0 heterocycles. The van der Waals surface area contributed by atoms with Crippen molar-refractivity contribution in [3.8, 4) is 0 Å². The first-order chi connectivity index (χ1) is 2.56. The lowest BCUT2D eigenvalue weighted by Crippen LogP contribution is -1.88. The van der Waals surface area contributed by atoms with Crippen LogP contribution in [0.2, 0.25) is 0 Å². The van der Waals surface area contributed by atoms with Crippen LogP contribution >= 0.6 is 0 Å². The van der Waals surface area contributed by atoms with Crippen molar-refractivity contribution in [3.63, 3.8) is 0 Å². The molecule has 0 aromatic heterocycles. The highest BCUT2D eigenvalue weighted by atomic mass is 33.1. The Morgan fingerprint density at radius 2 is 1.83 bits per heavy atom. The molecule has 6 heavy (non-hydrogen) atoms. The van der Waals surface area contributed by atoms with Crippen LogP contribution < -0.4 is 0 Å². The van der Waals surface area contributed by atoms with Crippen LogP contribution in [0.4, 0.5) is 0 Å². The Kier molecular flexibility index (Phi) is 2.16. The van der Waals surface area contributed by atoms with Gasteiger partial charge in [-0.15, -0.1) is 0 Å². The third-order valence-corrected chi connectivity index (χ3v) is 2.39. The van der Waals surface area contributed by atoms with Crippen LogP contribution in [0.1, 0.15) is 0 Å². The molecule has 3 nitrogen and oxygen atoms in total. The zero-order chi connectivity index (χ0) is 5.21. The van der Waals surface area contributed by atoms with Crippen molar-refractivity contribution in [1.29, 1.82) is 0 Å². The van der Waals surface area contributed by atoms with Gasteiger partial charge in [-0.2, -0.15) is 4.21 Å². The molecule has 0 amide bonds. The topological polar surface area (TPSA) is 57.5 Å². The van der Waals surface area contributed by atoms with Gasteiger partial charge in [0.15, 0.2) is 0 Å². The molecule has 38 valence electrons. The first kappa shape index (κ1) is 6.51. The van der Waals surface area contributed by atoms with Crippen LogP contribution in [-0.4, -0.2) is 13.3 Å². The number of hydrogen-bond donors (Lipinski definition) is 2. The average molecular weight is 146 g/mol. The van der Waals surface area contributed by atoms with Gasteiger partial charge in [0.2, 0.25) is 0 Å². The summed E-state index contributed by atoms with van der Waals surface area (Å²) < 4.78 is 25.1. The summed E-state index contributed by atoms with van der Waals surface area (Å²) in [6.45, 7) is 0. The van der Waals surface area contributed by atoms with Crippen LogP contribution in [0.5, 0.6) is 0 Å². The fourth-order valence-corrected chi connectivity index (χ4v) is 0. The van der Waals surface area contributed by atoms with Gasteiger partial charge >= 0.3 is 0 Å². The van der Waals surface area contributed by atoms with Gasteiger partial charge in [-0.05, 0) is 0 Å². The zero-order valence-corrected chi connectivity index (χ0v) is 4.98. The van der Waals surface area contributed by atoms with Crippen LogP contribution in [0.25, 0.3) is 0 Å². The summed E-state index contributed by atoms with van der Waals surface area (Å²) >= 11 is 3.93. The van der Waals surface area contributed by atoms with Gasteiger partial charge in [-0.1, -0.05) is 0 Å². The molecule has 0 saturated carbocycles. The normalized spacial score (nSPS) is 11.0. The molecule has 0 aliphatic heterocycles. The van der Waals surface area contributed by atoms with Crippen molar-refractivity contribution in [2.75, 3.05) is 0 Å². The second-order valence-electron chi connectivity index (χ2n) is 0.516. The van der Waals surface area contributed by atoms with E-state index in [2.05, 4.69) is 11.2 Å². The van der Waals surface area contributed by atoms with Crippen molar-refractivity contribution in [1.82, 2.24) is 0 Å². The highest BCUT2D eigenvalue weighted by Gasteiger charge is 1.81. The summed E-state index contributed by atoms with van der Waals surface area (Å²) in [6.07, 6.45) is 0.